The molecule has 0 bridgehead atoms. The molecule has 0 fully saturated rings. The molecule has 2 aromatic rings. The van der Waals surface area contributed by atoms with Crippen LogP contribution in [0.3, 0.4) is 0 Å². The van der Waals surface area contributed by atoms with Gasteiger partial charge in [0.15, 0.2) is 0 Å². The summed E-state index contributed by atoms with van der Waals surface area (Å²) in [6.45, 7) is 2.97. The highest BCUT2D eigenvalue weighted by molar-refractivity contribution is 5.94. The van der Waals surface area contributed by atoms with E-state index in [1.54, 1.807) is 30.1 Å². The minimum Gasteiger partial charge on any atom is -0.349 e. The SMILES string of the molecule is Cc1cccc(C(=O)N2Cc3ccnn3C(CC(=O)N(C)C)C2)c1. The Kier molecular flexibility index (Phi) is 4.38. The van der Waals surface area contributed by atoms with Crippen molar-refractivity contribution in [3.63, 3.8) is 0 Å². The Morgan fingerprint density at radius 2 is 2.08 bits per heavy atom. The molecule has 1 unspecified atom stereocenters. The van der Waals surface area contributed by atoms with E-state index in [0.29, 0.717) is 25.1 Å². The van der Waals surface area contributed by atoms with E-state index in [1.165, 1.54) is 0 Å². The molecular weight excluding hydrogens is 304 g/mol. The maximum absolute atomic E-state index is 12.8. The molecule has 3 rings (SSSR count). The van der Waals surface area contributed by atoms with Gasteiger partial charge in [-0.05, 0) is 25.1 Å². The van der Waals surface area contributed by atoms with Crippen LogP contribution >= 0.6 is 0 Å². The number of fused-ring (bicyclic) bond motifs is 1. The van der Waals surface area contributed by atoms with Gasteiger partial charge in [0.2, 0.25) is 5.91 Å². The molecule has 1 aromatic heterocycles. The van der Waals surface area contributed by atoms with Crippen LogP contribution in [0.1, 0.15) is 34.1 Å². The summed E-state index contributed by atoms with van der Waals surface area (Å²) < 4.78 is 1.88. The van der Waals surface area contributed by atoms with Crippen molar-refractivity contribution in [3.05, 3.63) is 53.3 Å². The minimum atomic E-state index is -0.132. The average Bonchev–Trinajstić information content (AvgIpc) is 3.02. The number of aromatic nitrogens is 2. The summed E-state index contributed by atoms with van der Waals surface area (Å²) in [7, 11) is 3.48. The zero-order valence-corrected chi connectivity index (χ0v) is 14.3. The zero-order valence-electron chi connectivity index (χ0n) is 14.3. The van der Waals surface area contributed by atoms with Gasteiger partial charge in [0.1, 0.15) is 0 Å². The molecule has 0 N–H and O–H groups in total. The summed E-state index contributed by atoms with van der Waals surface area (Å²) in [4.78, 5) is 28.3. The van der Waals surface area contributed by atoms with Crippen molar-refractivity contribution < 1.29 is 9.59 Å². The average molecular weight is 326 g/mol. The van der Waals surface area contributed by atoms with Crippen molar-refractivity contribution in [2.24, 2.45) is 0 Å². The second-order valence-corrected chi connectivity index (χ2v) is 6.47. The number of hydrogen-bond donors (Lipinski definition) is 0. The monoisotopic (exact) mass is 326 g/mol. The number of nitrogens with zero attached hydrogens (tertiary/aromatic N) is 4. The largest absolute Gasteiger partial charge is 0.349 e. The highest BCUT2D eigenvalue weighted by atomic mass is 16.2. The van der Waals surface area contributed by atoms with E-state index in [4.69, 9.17) is 0 Å². The smallest absolute Gasteiger partial charge is 0.254 e. The summed E-state index contributed by atoms with van der Waals surface area (Å²) >= 11 is 0. The standard InChI is InChI=1S/C18H22N4O2/c1-13-5-4-6-14(9-13)18(24)21-11-15-7-8-19-22(15)16(12-21)10-17(23)20(2)3/h4-9,16H,10-12H2,1-3H3. The van der Waals surface area contributed by atoms with E-state index < -0.39 is 0 Å². The number of carbonyl (C=O) groups is 2. The van der Waals surface area contributed by atoms with E-state index in [-0.39, 0.29) is 17.9 Å². The van der Waals surface area contributed by atoms with Crippen LogP contribution in [0.25, 0.3) is 0 Å². The van der Waals surface area contributed by atoms with E-state index in [1.807, 2.05) is 41.9 Å². The number of amides is 2. The molecular formula is C18H22N4O2. The lowest BCUT2D eigenvalue weighted by atomic mass is 10.1. The highest BCUT2D eigenvalue weighted by Crippen LogP contribution is 2.25. The maximum Gasteiger partial charge on any atom is 0.254 e. The van der Waals surface area contributed by atoms with Gasteiger partial charge in [-0.1, -0.05) is 17.7 Å². The lowest BCUT2D eigenvalue weighted by Gasteiger charge is -2.34. The van der Waals surface area contributed by atoms with Gasteiger partial charge < -0.3 is 9.80 Å². The first-order valence-corrected chi connectivity index (χ1v) is 8.04. The summed E-state index contributed by atoms with van der Waals surface area (Å²) in [5.41, 5.74) is 2.70. The van der Waals surface area contributed by atoms with Gasteiger partial charge in [-0.25, -0.2) is 0 Å². The molecule has 0 radical (unpaired) electrons. The van der Waals surface area contributed by atoms with E-state index >= 15 is 0 Å². The van der Waals surface area contributed by atoms with Crippen LogP contribution in [0.15, 0.2) is 36.5 Å². The fraction of sp³-hybridized carbons (Fsp3) is 0.389. The van der Waals surface area contributed by atoms with Crippen molar-refractivity contribution in [1.82, 2.24) is 19.6 Å². The van der Waals surface area contributed by atoms with Crippen molar-refractivity contribution in [1.29, 1.82) is 0 Å². The third-order valence-electron chi connectivity index (χ3n) is 4.34. The van der Waals surface area contributed by atoms with E-state index in [0.717, 1.165) is 11.3 Å². The van der Waals surface area contributed by atoms with Crippen molar-refractivity contribution >= 4 is 11.8 Å². The molecule has 126 valence electrons. The van der Waals surface area contributed by atoms with E-state index in [9.17, 15) is 9.59 Å². The maximum atomic E-state index is 12.8. The number of benzene rings is 1. The summed E-state index contributed by atoms with van der Waals surface area (Å²) in [6, 6.07) is 9.37. The molecule has 6 nitrogen and oxygen atoms in total. The Labute approximate surface area is 141 Å². The Morgan fingerprint density at radius 3 is 2.79 bits per heavy atom. The predicted octanol–water partition coefficient (Wildman–Crippen LogP) is 1.87. The van der Waals surface area contributed by atoms with Gasteiger partial charge in [-0.15, -0.1) is 0 Å². The lowest BCUT2D eigenvalue weighted by Crippen LogP contribution is -2.42. The van der Waals surface area contributed by atoms with Crippen molar-refractivity contribution in [3.8, 4) is 0 Å². The van der Waals surface area contributed by atoms with Gasteiger partial charge in [-0.3, -0.25) is 14.3 Å². The normalized spacial score (nSPS) is 16.6. The van der Waals surface area contributed by atoms with Crippen molar-refractivity contribution in [2.45, 2.75) is 25.9 Å². The third-order valence-corrected chi connectivity index (χ3v) is 4.34. The Balaban J connectivity index is 1.84. The van der Waals surface area contributed by atoms with Gasteiger partial charge in [0.05, 0.1) is 24.7 Å². The van der Waals surface area contributed by atoms with Crippen LogP contribution in [0.5, 0.6) is 0 Å². The number of aryl methyl sites for hydroxylation is 1. The van der Waals surface area contributed by atoms with Crippen LogP contribution in [-0.2, 0) is 11.3 Å². The minimum absolute atomic E-state index is 0.00606. The van der Waals surface area contributed by atoms with Gasteiger partial charge in [0, 0.05) is 32.4 Å². The first kappa shape index (κ1) is 16.2. The van der Waals surface area contributed by atoms with Crippen LogP contribution in [-0.4, -0.2) is 52.0 Å². The molecule has 2 amide bonds. The number of hydrogen-bond acceptors (Lipinski definition) is 3. The highest BCUT2D eigenvalue weighted by Gasteiger charge is 2.30. The van der Waals surface area contributed by atoms with Crippen LogP contribution in [0.2, 0.25) is 0 Å². The molecule has 2 heterocycles. The van der Waals surface area contributed by atoms with Crippen LogP contribution in [0.4, 0.5) is 0 Å². The van der Waals surface area contributed by atoms with Crippen LogP contribution < -0.4 is 0 Å². The molecule has 1 aromatic carbocycles. The van der Waals surface area contributed by atoms with E-state index in [2.05, 4.69) is 5.10 Å². The second-order valence-electron chi connectivity index (χ2n) is 6.47. The molecule has 1 aliphatic rings. The fourth-order valence-corrected chi connectivity index (χ4v) is 3.04. The lowest BCUT2D eigenvalue weighted by molar-refractivity contribution is -0.129. The number of rotatable bonds is 3. The van der Waals surface area contributed by atoms with Crippen LogP contribution in [0, 0.1) is 6.92 Å². The molecule has 6 heteroatoms. The predicted molar refractivity (Wildman–Crippen MR) is 90.5 cm³/mol. The van der Waals surface area contributed by atoms with Gasteiger partial charge >= 0.3 is 0 Å². The van der Waals surface area contributed by atoms with Gasteiger partial charge in [-0.2, -0.15) is 5.10 Å². The number of carbonyl (C=O) groups excluding carboxylic acids is 2. The first-order chi connectivity index (χ1) is 11.5. The summed E-state index contributed by atoms with van der Waals surface area (Å²) in [5.74, 6) is 0.0276. The Morgan fingerprint density at radius 1 is 1.29 bits per heavy atom. The fourth-order valence-electron chi connectivity index (χ4n) is 3.04. The Hall–Kier alpha value is -2.63. The third kappa shape index (κ3) is 3.18. The van der Waals surface area contributed by atoms with Crippen molar-refractivity contribution in [2.75, 3.05) is 20.6 Å². The quantitative estimate of drug-likeness (QED) is 0.865. The first-order valence-electron chi connectivity index (χ1n) is 8.04. The molecule has 0 saturated heterocycles. The molecule has 1 aliphatic heterocycles. The second kappa shape index (κ2) is 6.47. The molecule has 0 saturated carbocycles. The molecule has 1 atom stereocenters. The summed E-state index contributed by atoms with van der Waals surface area (Å²) in [6.07, 6.45) is 2.06. The summed E-state index contributed by atoms with van der Waals surface area (Å²) in [5, 5.41) is 4.34. The molecule has 0 spiro atoms. The zero-order chi connectivity index (χ0) is 17.3. The Bertz CT molecular complexity index is 766. The molecule has 0 aliphatic carbocycles. The molecule has 24 heavy (non-hydrogen) atoms. The topological polar surface area (TPSA) is 58.4 Å². The van der Waals surface area contributed by atoms with Gasteiger partial charge in [0.25, 0.3) is 5.91 Å².